The number of Topliss-reactive ketones (excluding diaryl/α,β-unsaturated/α-hetero) is 3. The molecule has 84 heavy (non-hydrogen) atoms. The highest BCUT2D eigenvalue weighted by molar-refractivity contribution is 6.07. The number of allylic oxidation sites excluding steroid dienone is 6. The molecule has 2 aliphatic heterocycles. The molecule has 0 spiro atoms. The van der Waals surface area contributed by atoms with Gasteiger partial charge < -0.3 is 44.2 Å². The van der Waals surface area contributed by atoms with Gasteiger partial charge in [-0.15, -0.1) is 0 Å². The van der Waals surface area contributed by atoms with E-state index in [0.717, 1.165) is 19.4 Å². The fourth-order valence-electron chi connectivity index (χ4n) is 12.5. The van der Waals surface area contributed by atoms with E-state index in [-0.39, 0.29) is 84.2 Å². The normalized spacial score (nSPS) is 16.3. The zero-order valence-electron chi connectivity index (χ0n) is 51.4. The summed E-state index contributed by atoms with van der Waals surface area (Å²) in [6.45, 7) is 16.6. The summed E-state index contributed by atoms with van der Waals surface area (Å²) in [5.74, 6) is -2.82. The Morgan fingerprint density at radius 2 is 1.24 bits per heavy atom. The molecular weight excluding hydrogens is 1050 g/mol. The number of fused-ring (bicyclic) bond motifs is 6. The molecule has 0 saturated heterocycles. The van der Waals surface area contributed by atoms with Gasteiger partial charge in [0.2, 0.25) is 17.5 Å². The van der Waals surface area contributed by atoms with E-state index >= 15 is 0 Å². The molecule has 0 aliphatic carbocycles. The molecule has 0 radical (unpaired) electrons. The van der Waals surface area contributed by atoms with Gasteiger partial charge in [0.05, 0.1) is 17.5 Å². The Hall–Kier alpha value is -7.46. The van der Waals surface area contributed by atoms with E-state index in [9.17, 15) is 24.0 Å². The highest BCUT2D eigenvalue weighted by Gasteiger charge is 2.44. The molecule has 0 saturated carbocycles. The number of carbonyl (C=O) groups excluding carboxylic acids is 5. The number of hydrogen-bond acceptors (Lipinski definition) is 9. The van der Waals surface area contributed by atoms with Gasteiger partial charge in [-0.05, 0) is 129 Å². The van der Waals surface area contributed by atoms with Crippen molar-refractivity contribution < 1.29 is 28.5 Å². The average Bonchev–Trinajstić information content (AvgIpc) is 2.43. The molecule has 12 N–H and O–H groups in total. The van der Waals surface area contributed by atoms with Crippen LogP contribution in [0.15, 0.2) is 119 Å². The molecule has 2 aliphatic rings. The van der Waals surface area contributed by atoms with E-state index in [2.05, 4.69) is 168 Å². The summed E-state index contributed by atoms with van der Waals surface area (Å²) in [6.07, 6.45) is 17.2. The van der Waals surface area contributed by atoms with Crippen LogP contribution in [0, 0.1) is 17.8 Å². The van der Waals surface area contributed by atoms with Crippen LogP contribution in [0.3, 0.4) is 0 Å². The van der Waals surface area contributed by atoms with Gasteiger partial charge in [0.25, 0.3) is 0 Å². The predicted octanol–water partition coefficient (Wildman–Crippen LogP) is 9.74. The van der Waals surface area contributed by atoms with Gasteiger partial charge in [-0.25, -0.2) is 0 Å². The van der Waals surface area contributed by atoms with Crippen LogP contribution in [-0.2, 0) is 34.8 Å². The van der Waals surface area contributed by atoms with Crippen molar-refractivity contribution in [1.29, 1.82) is 0 Å². The van der Waals surface area contributed by atoms with Crippen molar-refractivity contribution in [3.05, 3.63) is 120 Å². The van der Waals surface area contributed by atoms with Gasteiger partial charge in [-0.1, -0.05) is 120 Å². The number of nitrogens with one attached hydrogen (secondary N) is 2. The van der Waals surface area contributed by atoms with Crippen LogP contribution in [0.2, 0.25) is 0 Å². The Morgan fingerprint density at radius 3 is 1.85 bits per heavy atom. The number of nitrogens with zero attached hydrogens (tertiary/aromatic N) is 4. The summed E-state index contributed by atoms with van der Waals surface area (Å²) in [6, 6.07) is 24.4. The van der Waals surface area contributed by atoms with E-state index in [0.29, 0.717) is 70.9 Å². The van der Waals surface area contributed by atoms with Crippen molar-refractivity contribution in [3.63, 3.8) is 0 Å². The zero-order chi connectivity index (χ0) is 61.1. The monoisotopic (exact) mass is 1150 g/mol. The Balaban J connectivity index is 1.12. The van der Waals surface area contributed by atoms with Crippen LogP contribution < -0.4 is 44.2 Å². The lowest BCUT2D eigenvalue weighted by Crippen LogP contribution is -2.47. The van der Waals surface area contributed by atoms with Crippen molar-refractivity contribution >= 4 is 79.7 Å². The molecule has 6 rings (SSSR count). The van der Waals surface area contributed by atoms with E-state index in [4.69, 9.17) is 28.7 Å². The van der Waals surface area contributed by atoms with Crippen molar-refractivity contribution in [3.8, 4) is 0 Å². The number of hydrogen-bond donors (Lipinski definition) is 7. The van der Waals surface area contributed by atoms with Crippen LogP contribution in [0.25, 0.3) is 21.5 Å². The maximum Gasteiger partial charge on any atom is 0.224 e. The number of aliphatic imine (C=N–C) groups is 2. The maximum absolute atomic E-state index is 14.4. The summed E-state index contributed by atoms with van der Waals surface area (Å²) in [7, 11) is 2.16. The second-order valence-electron chi connectivity index (χ2n) is 24.4. The van der Waals surface area contributed by atoms with Crippen LogP contribution in [0.1, 0.15) is 156 Å². The Kier molecular flexibility index (Phi) is 24.2. The van der Waals surface area contributed by atoms with Gasteiger partial charge in [0.1, 0.15) is 12.8 Å². The maximum atomic E-state index is 14.4. The Bertz CT molecular complexity index is 3160. The summed E-state index contributed by atoms with van der Waals surface area (Å²) in [5.41, 5.74) is 35.2. The minimum Gasteiger partial charge on any atom is -0.370 e. The predicted molar refractivity (Wildman–Crippen MR) is 345 cm³/mol. The van der Waals surface area contributed by atoms with E-state index < -0.39 is 29.8 Å². The van der Waals surface area contributed by atoms with Crippen LogP contribution in [0.4, 0.5) is 11.4 Å². The lowest BCUT2D eigenvalue weighted by molar-refractivity contribution is -0.401. The number of rotatable bonds is 34. The fraction of sp³-hybridized carbons (Fsp3) is 0.500. The van der Waals surface area contributed by atoms with Crippen LogP contribution >= 0.6 is 0 Å². The fourth-order valence-corrected chi connectivity index (χ4v) is 12.5. The molecule has 0 bridgehead atoms. The number of unbranched alkanes of at least 4 members (excludes halogenated alkanes) is 3. The molecule has 4 aromatic carbocycles. The molecule has 0 aromatic heterocycles. The van der Waals surface area contributed by atoms with E-state index in [1.54, 1.807) is 6.92 Å². The number of ketones is 3. The first kappa shape index (κ1) is 65.7. The summed E-state index contributed by atoms with van der Waals surface area (Å²) >= 11 is 0. The first-order chi connectivity index (χ1) is 40.1. The topological polar surface area (TPSA) is 270 Å². The van der Waals surface area contributed by atoms with Gasteiger partial charge in [-0.2, -0.15) is 4.58 Å². The molecule has 2 heterocycles. The van der Waals surface area contributed by atoms with Crippen molar-refractivity contribution in [1.82, 2.24) is 10.6 Å². The molecule has 4 aromatic rings. The van der Waals surface area contributed by atoms with Gasteiger partial charge in [0, 0.05) is 91.7 Å². The lowest BCUT2D eigenvalue weighted by Gasteiger charge is -2.27. The third-order valence-electron chi connectivity index (χ3n) is 16.8. The summed E-state index contributed by atoms with van der Waals surface area (Å²) in [4.78, 5) is 80.1. The average molecular weight is 1150 g/mol. The number of guanidine groups is 2. The summed E-state index contributed by atoms with van der Waals surface area (Å²) < 4.78 is 2.32. The SMILES string of the molecule is CCC(=O)[C@H](CCCN=C(N)N)NC(=O)[C@@H](CC(=O)[C@H](CCCN=C(N)N)NC(=O)[C@H](CCCCN)CC(=O)CCCCCN1C(=CC=CC=CC2=[N+](C)c3ccc4ccccc4c3C2(C)C)C(C)(C)c2c1ccc1ccccc21)CC(C)C. The lowest BCUT2D eigenvalue weighted by atomic mass is 9.79. The Morgan fingerprint density at radius 1 is 0.643 bits per heavy atom. The summed E-state index contributed by atoms with van der Waals surface area (Å²) in [5, 5.41) is 10.9. The quantitative estimate of drug-likeness (QED) is 0.00760. The third kappa shape index (κ3) is 17.1. The molecule has 0 unspecified atom stereocenters. The number of nitrogens with two attached hydrogens (primary N) is 5. The van der Waals surface area contributed by atoms with Crippen LogP contribution in [0.5, 0.6) is 0 Å². The van der Waals surface area contributed by atoms with E-state index in [1.807, 2.05) is 13.8 Å². The highest BCUT2D eigenvalue weighted by Crippen LogP contribution is 2.51. The molecule has 16 heteroatoms. The minimum atomic E-state index is -0.969. The molecule has 2 amide bonds. The van der Waals surface area contributed by atoms with Gasteiger partial charge in [0.15, 0.2) is 29.2 Å². The molecule has 452 valence electrons. The van der Waals surface area contributed by atoms with Gasteiger partial charge in [-0.3, -0.25) is 34.0 Å². The number of benzene rings is 4. The first-order valence-corrected chi connectivity index (χ1v) is 30.6. The zero-order valence-corrected chi connectivity index (χ0v) is 51.4. The molecule has 16 nitrogen and oxygen atoms in total. The van der Waals surface area contributed by atoms with Crippen molar-refractivity contribution in [2.24, 2.45) is 56.4 Å². The second kappa shape index (κ2) is 30.9. The number of anilines is 1. The highest BCUT2D eigenvalue weighted by atomic mass is 16.2. The second-order valence-corrected chi connectivity index (χ2v) is 24.4. The van der Waals surface area contributed by atoms with Crippen LogP contribution in [-0.4, -0.2) is 96.7 Å². The first-order valence-electron chi connectivity index (χ1n) is 30.6. The molecule has 0 fully saturated rings. The van der Waals surface area contributed by atoms with Gasteiger partial charge >= 0.3 is 0 Å². The number of carbonyl (C=O) groups is 5. The van der Waals surface area contributed by atoms with Crippen molar-refractivity contribution in [2.75, 3.05) is 38.1 Å². The standard InChI is InChI=1S/C68H95N11O5/c1-9-57(81)53(30-22-39-74-65(70)71)76-64(84)49(42-45(2)3)44-58(82)54(31-23-40-75-66(72)73)77-63(83)48(26-19-20-38-69)43-50(80)27-12-11-21-41-79-56-37-35-47-25-16-18-29-52(47)62(56)68(6,7)60(79)33-14-10-13-32-59-67(4,5)61-51-28-17-15-24-46(51)34-36-55(61)78(59)8/h10,13-18,24-25,28-29,32-37,45,48-49,53-54H,9,11-12,19-23,26-27,30-31,38-44,69H2,1-8H3,(H9-,70,71,72,73,74,75,76,77,83,84)/p+1/t48-,49-,53+,54+/m1/s1. The minimum absolute atomic E-state index is 0.0119. The van der Waals surface area contributed by atoms with E-state index in [1.165, 1.54) is 55.5 Å². The molecule has 4 atom stereocenters. The Labute approximate surface area is 499 Å². The largest absolute Gasteiger partial charge is 0.370 e. The van der Waals surface area contributed by atoms with Crippen molar-refractivity contribution in [2.45, 2.75) is 168 Å². The smallest absolute Gasteiger partial charge is 0.224 e. The number of amides is 2. The third-order valence-corrected chi connectivity index (χ3v) is 16.8. The molecular formula is C68H96N11O5+.